The first-order valence-corrected chi connectivity index (χ1v) is 27.0. The quantitative estimate of drug-likeness (QED) is 0.154. The van der Waals surface area contributed by atoms with Crippen molar-refractivity contribution < 1.29 is 0 Å². The van der Waals surface area contributed by atoms with Crippen LogP contribution in [0.5, 0.6) is 0 Å². The van der Waals surface area contributed by atoms with Crippen LogP contribution in [0.25, 0.3) is 11.1 Å². The van der Waals surface area contributed by atoms with Crippen LogP contribution in [0.1, 0.15) is 135 Å². The Morgan fingerprint density at radius 2 is 0.932 bits per heavy atom. The molecular weight excluding hydrogens is 882 g/mol. The predicted molar refractivity (Wildman–Crippen MR) is 315 cm³/mol. The molecule has 12 rings (SSSR count). The number of nitrogens with zero attached hydrogens (tertiary/aromatic N) is 3. The van der Waals surface area contributed by atoms with E-state index in [1.54, 1.807) is 0 Å². The molecule has 4 heteroatoms. The molecule has 73 heavy (non-hydrogen) atoms. The first kappa shape index (κ1) is 47.2. The van der Waals surface area contributed by atoms with Gasteiger partial charge in [0.1, 0.15) is 0 Å². The zero-order valence-corrected chi connectivity index (χ0v) is 45.4. The van der Waals surface area contributed by atoms with E-state index in [1.165, 1.54) is 101 Å². The van der Waals surface area contributed by atoms with Crippen LogP contribution in [0.3, 0.4) is 0 Å². The van der Waals surface area contributed by atoms with Crippen molar-refractivity contribution in [1.29, 1.82) is 0 Å². The highest BCUT2D eigenvalue weighted by atomic mass is 15.2. The van der Waals surface area contributed by atoms with Crippen LogP contribution in [-0.4, -0.2) is 6.71 Å². The van der Waals surface area contributed by atoms with E-state index in [0.29, 0.717) is 0 Å². The van der Waals surface area contributed by atoms with Gasteiger partial charge < -0.3 is 14.7 Å². The zero-order valence-electron chi connectivity index (χ0n) is 45.4. The molecule has 2 aliphatic carbocycles. The third kappa shape index (κ3) is 7.68. The SMILES string of the molecule is Cc1ccc(-c2ccccc2)cc1N1c2cc(C(C)(C)C)ccc2B2c3cc4c(cc3N(c3ccc5c(c3)C(C)(C)CCC5(C)C)c3cc(N(c5ccccc5)c5ccccc5)cc1c32)C(C)(C)CCC4(C)C. The molecule has 0 unspecified atom stereocenters. The second-order valence-corrected chi connectivity index (χ2v) is 25.6. The largest absolute Gasteiger partial charge is 0.311 e. The van der Waals surface area contributed by atoms with Crippen molar-refractivity contribution in [2.45, 2.75) is 136 Å². The second kappa shape index (κ2) is 16.6. The van der Waals surface area contributed by atoms with Gasteiger partial charge in [-0.05, 0) is 187 Å². The lowest BCUT2D eigenvalue weighted by molar-refractivity contribution is 0.332. The molecule has 0 atom stereocenters. The van der Waals surface area contributed by atoms with Crippen LogP contribution in [0.2, 0.25) is 0 Å². The number of hydrogen-bond acceptors (Lipinski definition) is 3. The Bertz CT molecular complexity index is 3430. The lowest BCUT2D eigenvalue weighted by Gasteiger charge is -2.48. The van der Waals surface area contributed by atoms with Gasteiger partial charge in [-0.3, -0.25) is 0 Å². The van der Waals surface area contributed by atoms with E-state index in [2.05, 4.69) is 268 Å². The number of hydrogen-bond donors (Lipinski definition) is 0. The van der Waals surface area contributed by atoms with Crippen molar-refractivity contribution >= 4 is 74.3 Å². The van der Waals surface area contributed by atoms with Crippen molar-refractivity contribution in [3.63, 3.8) is 0 Å². The molecule has 2 heterocycles. The highest BCUT2D eigenvalue weighted by Gasteiger charge is 2.48. The molecule has 8 aromatic carbocycles. The molecule has 2 aliphatic heterocycles. The standard InChI is InChI=1S/C69H72BN3/c1-45-28-29-47(46-22-16-13-17-23-46)38-59(45)73-60-39-48(65(2,3)4)30-33-57(60)70-58-43-55-56(69(11,12)37-36-68(55,9)10)44-61(58)72(51-31-32-53-54(40-51)67(7,8)35-34-66(53,5)6)62-41-52(42-63(73)64(62)70)71(49-24-18-14-19-25-49)50-26-20-15-21-27-50/h13-33,38-44H,34-37H2,1-12H3. The molecule has 0 bridgehead atoms. The molecule has 0 saturated carbocycles. The van der Waals surface area contributed by atoms with Crippen molar-refractivity contribution in [3.05, 3.63) is 203 Å². The number of fused-ring (bicyclic) bond motifs is 6. The Balaban J connectivity index is 1.25. The Hall–Kier alpha value is -6.78. The van der Waals surface area contributed by atoms with Crippen molar-refractivity contribution in [3.8, 4) is 11.1 Å². The van der Waals surface area contributed by atoms with Crippen LogP contribution in [0.4, 0.5) is 51.2 Å². The van der Waals surface area contributed by atoms with Gasteiger partial charge in [-0.2, -0.15) is 0 Å². The lowest BCUT2D eigenvalue weighted by atomic mass is 9.33. The van der Waals surface area contributed by atoms with Gasteiger partial charge in [0.25, 0.3) is 6.71 Å². The van der Waals surface area contributed by atoms with Crippen LogP contribution in [0, 0.1) is 6.92 Å². The number of rotatable bonds is 6. The van der Waals surface area contributed by atoms with Gasteiger partial charge in [0, 0.05) is 45.5 Å². The van der Waals surface area contributed by atoms with Gasteiger partial charge in [0.2, 0.25) is 0 Å². The van der Waals surface area contributed by atoms with Gasteiger partial charge in [-0.25, -0.2) is 0 Å². The summed E-state index contributed by atoms with van der Waals surface area (Å²) < 4.78 is 0. The Morgan fingerprint density at radius 1 is 0.411 bits per heavy atom. The molecule has 0 radical (unpaired) electrons. The summed E-state index contributed by atoms with van der Waals surface area (Å²) in [6.07, 6.45) is 4.65. The highest BCUT2D eigenvalue weighted by Crippen LogP contribution is 2.54. The van der Waals surface area contributed by atoms with E-state index in [9.17, 15) is 0 Å². The van der Waals surface area contributed by atoms with Gasteiger partial charge in [-0.15, -0.1) is 0 Å². The van der Waals surface area contributed by atoms with Gasteiger partial charge in [-0.1, -0.05) is 179 Å². The summed E-state index contributed by atoms with van der Waals surface area (Å²) in [4.78, 5) is 7.84. The minimum Gasteiger partial charge on any atom is -0.311 e. The van der Waals surface area contributed by atoms with Crippen LogP contribution in [0.15, 0.2) is 170 Å². The third-order valence-electron chi connectivity index (χ3n) is 17.8. The third-order valence-corrected chi connectivity index (χ3v) is 17.8. The lowest BCUT2D eigenvalue weighted by Crippen LogP contribution is -2.62. The molecule has 0 saturated heterocycles. The number of para-hydroxylation sites is 2. The minimum atomic E-state index is -0.0723. The van der Waals surface area contributed by atoms with Crippen LogP contribution < -0.4 is 31.1 Å². The molecule has 0 amide bonds. The monoisotopic (exact) mass is 954 g/mol. The first-order valence-electron chi connectivity index (χ1n) is 27.0. The molecule has 3 nitrogen and oxygen atoms in total. The molecule has 0 N–H and O–H groups in total. The van der Waals surface area contributed by atoms with E-state index in [0.717, 1.165) is 36.3 Å². The van der Waals surface area contributed by atoms with Crippen molar-refractivity contribution in [2.24, 2.45) is 0 Å². The highest BCUT2D eigenvalue weighted by molar-refractivity contribution is 7.00. The summed E-state index contributed by atoms with van der Waals surface area (Å²) in [5.41, 5.74) is 25.9. The number of anilines is 9. The average molecular weight is 954 g/mol. The summed E-state index contributed by atoms with van der Waals surface area (Å²) in [7, 11) is 0. The number of benzene rings is 8. The Labute approximate surface area is 437 Å². The van der Waals surface area contributed by atoms with Gasteiger partial charge in [0.15, 0.2) is 0 Å². The Morgan fingerprint density at radius 3 is 1.52 bits per heavy atom. The summed E-state index contributed by atoms with van der Waals surface area (Å²) in [5, 5.41) is 0. The molecule has 8 aromatic rings. The second-order valence-electron chi connectivity index (χ2n) is 25.6. The molecule has 0 spiro atoms. The Kier molecular flexibility index (Phi) is 10.8. The first-order chi connectivity index (χ1) is 34.7. The smallest absolute Gasteiger partial charge is 0.252 e. The summed E-state index contributed by atoms with van der Waals surface area (Å²) in [5.74, 6) is 0. The van der Waals surface area contributed by atoms with Gasteiger partial charge in [0.05, 0.1) is 5.69 Å². The van der Waals surface area contributed by atoms with E-state index in [1.807, 2.05) is 0 Å². The fourth-order valence-electron chi connectivity index (χ4n) is 13.1. The fraction of sp³-hybridized carbons (Fsp3) is 0.304. The fourth-order valence-corrected chi connectivity index (χ4v) is 13.1. The predicted octanol–water partition coefficient (Wildman–Crippen LogP) is 17.2. The molecule has 366 valence electrons. The molecular formula is C69H72BN3. The maximum atomic E-state index is 2.71. The average Bonchev–Trinajstić information content (AvgIpc) is 3.37. The number of aryl methyl sites for hydroxylation is 1. The maximum Gasteiger partial charge on any atom is 0.252 e. The van der Waals surface area contributed by atoms with Crippen LogP contribution in [-0.2, 0) is 27.1 Å². The van der Waals surface area contributed by atoms with E-state index >= 15 is 0 Å². The maximum absolute atomic E-state index is 2.71. The summed E-state index contributed by atoms with van der Waals surface area (Å²) in [6.45, 7) is 29.1. The van der Waals surface area contributed by atoms with Crippen molar-refractivity contribution in [1.82, 2.24) is 0 Å². The summed E-state index contributed by atoms with van der Waals surface area (Å²) in [6, 6.07) is 65.4. The zero-order chi connectivity index (χ0) is 51.0. The molecule has 0 fully saturated rings. The van der Waals surface area contributed by atoms with Crippen molar-refractivity contribution in [2.75, 3.05) is 14.7 Å². The minimum absolute atomic E-state index is 0.0162. The van der Waals surface area contributed by atoms with Crippen LogP contribution >= 0.6 is 0 Å². The normalized spacial score (nSPS) is 17.5. The van der Waals surface area contributed by atoms with E-state index < -0.39 is 0 Å². The summed E-state index contributed by atoms with van der Waals surface area (Å²) >= 11 is 0. The van der Waals surface area contributed by atoms with Gasteiger partial charge >= 0.3 is 0 Å². The van der Waals surface area contributed by atoms with E-state index in [-0.39, 0.29) is 33.8 Å². The topological polar surface area (TPSA) is 9.72 Å². The molecule has 0 aromatic heterocycles. The van der Waals surface area contributed by atoms with E-state index in [4.69, 9.17) is 0 Å². The molecule has 4 aliphatic rings.